The summed E-state index contributed by atoms with van der Waals surface area (Å²) in [7, 11) is -2.07. The number of aryl methyl sites for hydroxylation is 1. The van der Waals surface area contributed by atoms with E-state index in [4.69, 9.17) is 19.9 Å². The van der Waals surface area contributed by atoms with Crippen molar-refractivity contribution in [1.29, 1.82) is 0 Å². The zero-order valence-corrected chi connectivity index (χ0v) is 15.5. The SMILES string of the molecule is COC[C@@]1(N)[C@H](c2ccc3c(c2)OCO3)[C@@H]1S(=O)(=O)c1ccc(C)cc1. The zero-order valence-electron chi connectivity index (χ0n) is 14.6. The summed E-state index contributed by atoms with van der Waals surface area (Å²) in [5.74, 6) is 0.894. The van der Waals surface area contributed by atoms with Crippen LogP contribution in [0.25, 0.3) is 0 Å². The third-order valence-electron chi connectivity index (χ3n) is 5.14. The van der Waals surface area contributed by atoms with Gasteiger partial charge in [-0.1, -0.05) is 23.8 Å². The fourth-order valence-electron chi connectivity index (χ4n) is 3.78. The summed E-state index contributed by atoms with van der Waals surface area (Å²) in [6.07, 6.45) is 0. The van der Waals surface area contributed by atoms with Gasteiger partial charge in [0.1, 0.15) is 0 Å². The molecule has 26 heavy (non-hydrogen) atoms. The molecule has 0 bridgehead atoms. The highest BCUT2D eigenvalue weighted by molar-refractivity contribution is 7.92. The summed E-state index contributed by atoms with van der Waals surface area (Å²) < 4.78 is 42.4. The minimum Gasteiger partial charge on any atom is -0.454 e. The van der Waals surface area contributed by atoms with Crippen molar-refractivity contribution in [3.63, 3.8) is 0 Å². The van der Waals surface area contributed by atoms with Crippen LogP contribution in [0.4, 0.5) is 0 Å². The highest BCUT2D eigenvalue weighted by atomic mass is 32.2. The largest absolute Gasteiger partial charge is 0.454 e. The Bertz CT molecular complexity index is 941. The first-order valence-electron chi connectivity index (χ1n) is 8.36. The average Bonchev–Trinajstić information content (AvgIpc) is 2.99. The number of fused-ring (bicyclic) bond motifs is 1. The molecule has 3 atom stereocenters. The average molecular weight is 375 g/mol. The van der Waals surface area contributed by atoms with Gasteiger partial charge in [-0.05, 0) is 36.8 Å². The van der Waals surface area contributed by atoms with Crippen molar-refractivity contribution >= 4 is 9.84 Å². The van der Waals surface area contributed by atoms with E-state index in [0.29, 0.717) is 11.5 Å². The molecule has 0 spiro atoms. The number of nitrogens with two attached hydrogens (primary N) is 1. The summed E-state index contributed by atoms with van der Waals surface area (Å²) in [5, 5.41) is -0.752. The van der Waals surface area contributed by atoms with Crippen molar-refractivity contribution < 1.29 is 22.6 Å². The van der Waals surface area contributed by atoms with Crippen LogP contribution < -0.4 is 15.2 Å². The predicted octanol–water partition coefficient (Wildman–Crippen LogP) is 2.01. The number of methoxy groups -OCH3 is 1. The third-order valence-corrected chi connectivity index (χ3v) is 7.45. The van der Waals surface area contributed by atoms with E-state index in [1.807, 2.05) is 19.1 Å². The maximum Gasteiger partial charge on any atom is 0.231 e. The topological polar surface area (TPSA) is 87.8 Å². The lowest BCUT2D eigenvalue weighted by atomic mass is 10.1. The number of benzene rings is 2. The Kier molecular flexibility index (Phi) is 3.98. The Labute approximate surface area is 152 Å². The molecule has 1 aliphatic heterocycles. The standard InChI is InChI=1S/C19H21NO5S/c1-12-3-6-14(7-4-12)26(21,22)18-17(19(18,20)10-23-2)13-5-8-15-16(9-13)25-11-24-15/h3-9,17-18H,10-11,20H2,1-2H3/t17-,18+,19-/m1/s1. The van der Waals surface area contributed by atoms with Crippen LogP contribution in [0.5, 0.6) is 11.5 Å². The van der Waals surface area contributed by atoms with Gasteiger partial charge in [-0.2, -0.15) is 0 Å². The highest BCUT2D eigenvalue weighted by Gasteiger charge is 2.69. The molecular formula is C19H21NO5S. The fraction of sp³-hybridized carbons (Fsp3) is 0.368. The van der Waals surface area contributed by atoms with E-state index in [1.54, 1.807) is 30.3 Å². The lowest BCUT2D eigenvalue weighted by molar-refractivity contribution is 0.171. The number of sulfone groups is 1. The summed E-state index contributed by atoms with van der Waals surface area (Å²) in [6.45, 7) is 2.24. The van der Waals surface area contributed by atoms with Gasteiger partial charge in [0.05, 0.1) is 22.3 Å². The second-order valence-electron chi connectivity index (χ2n) is 6.91. The van der Waals surface area contributed by atoms with E-state index in [0.717, 1.165) is 11.1 Å². The van der Waals surface area contributed by atoms with Gasteiger partial charge < -0.3 is 19.9 Å². The van der Waals surface area contributed by atoms with Crippen molar-refractivity contribution in [3.8, 4) is 11.5 Å². The van der Waals surface area contributed by atoms with Crippen molar-refractivity contribution in [2.45, 2.75) is 28.5 Å². The van der Waals surface area contributed by atoms with E-state index in [2.05, 4.69) is 0 Å². The van der Waals surface area contributed by atoms with Crippen LogP contribution in [-0.4, -0.2) is 39.7 Å². The van der Waals surface area contributed by atoms with Gasteiger partial charge in [0, 0.05) is 13.0 Å². The van der Waals surface area contributed by atoms with Crippen LogP contribution in [0.15, 0.2) is 47.4 Å². The van der Waals surface area contributed by atoms with Crippen molar-refractivity contribution in [2.24, 2.45) is 5.73 Å². The summed E-state index contributed by atoms with van der Waals surface area (Å²) in [6, 6.07) is 12.3. The molecule has 2 aromatic rings. The van der Waals surface area contributed by atoms with Crippen LogP contribution in [0.3, 0.4) is 0 Å². The second kappa shape index (κ2) is 5.97. The van der Waals surface area contributed by atoms with E-state index in [-0.39, 0.29) is 24.2 Å². The first-order chi connectivity index (χ1) is 12.4. The quantitative estimate of drug-likeness (QED) is 0.860. The van der Waals surface area contributed by atoms with Gasteiger partial charge in [0.25, 0.3) is 0 Å². The summed E-state index contributed by atoms with van der Waals surface area (Å²) in [5.41, 5.74) is 7.34. The Morgan fingerprint density at radius 3 is 2.54 bits per heavy atom. The number of hydrogen-bond donors (Lipinski definition) is 1. The Morgan fingerprint density at radius 1 is 1.15 bits per heavy atom. The smallest absolute Gasteiger partial charge is 0.231 e. The molecule has 1 aliphatic carbocycles. The molecule has 6 nitrogen and oxygen atoms in total. The monoisotopic (exact) mass is 375 g/mol. The molecule has 1 fully saturated rings. The normalized spacial score (nSPS) is 26.7. The molecule has 7 heteroatoms. The van der Waals surface area contributed by atoms with E-state index >= 15 is 0 Å². The van der Waals surface area contributed by atoms with Crippen LogP contribution in [0, 0.1) is 6.92 Å². The fourth-order valence-corrected chi connectivity index (χ4v) is 6.07. The van der Waals surface area contributed by atoms with Crippen molar-refractivity contribution in [1.82, 2.24) is 0 Å². The van der Waals surface area contributed by atoms with Crippen molar-refractivity contribution in [2.75, 3.05) is 20.5 Å². The molecule has 2 aromatic carbocycles. The lowest BCUT2D eigenvalue weighted by Gasteiger charge is -2.11. The van der Waals surface area contributed by atoms with Gasteiger partial charge in [-0.15, -0.1) is 0 Å². The maximum absolute atomic E-state index is 13.2. The number of ether oxygens (including phenoxy) is 3. The molecule has 0 aromatic heterocycles. The van der Waals surface area contributed by atoms with Crippen LogP contribution >= 0.6 is 0 Å². The van der Waals surface area contributed by atoms with Crippen LogP contribution in [-0.2, 0) is 14.6 Å². The van der Waals surface area contributed by atoms with Gasteiger partial charge >= 0.3 is 0 Å². The molecular weight excluding hydrogens is 354 g/mol. The van der Waals surface area contributed by atoms with Gasteiger partial charge in [-0.3, -0.25) is 0 Å². The Morgan fingerprint density at radius 2 is 1.85 bits per heavy atom. The van der Waals surface area contributed by atoms with Gasteiger partial charge in [0.2, 0.25) is 6.79 Å². The van der Waals surface area contributed by atoms with E-state index < -0.39 is 20.6 Å². The van der Waals surface area contributed by atoms with Gasteiger partial charge in [0.15, 0.2) is 21.3 Å². The molecule has 0 amide bonds. The van der Waals surface area contributed by atoms with Crippen LogP contribution in [0.2, 0.25) is 0 Å². The Balaban J connectivity index is 1.73. The van der Waals surface area contributed by atoms with E-state index in [1.165, 1.54) is 7.11 Å². The Hall–Kier alpha value is -2.09. The molecule has 1 saturated carbocycles. The molecule has 4 rings (SSSR count). The highest BCUT2D eigenvalue weighted by Crippen LogP contribution is 2.56. The molecule has 0 unspecified atom stereocenters. The number of rotatable bonds is 5. The predicted molar refractivity (Wildman–Crippen MR) is 96.3 cm³/mol. The van der Waals surface area contributed by atoms with Crippen molar-refractivity contribution in [3.05, 3.63) is 53.6 Å². The summed E-state index contributed by atoms with van der Waals surface area (Å²) >= 11 is 0. The summed E-state index contributed by atoms with van der Waals surface area (Å²) in [4.78, 5) is 0.280. The van der Waals surface area contributed by atoms with E-state index in [9.17, 15) is 8.42 Å². The first-order valence-corrected chi connectivity index (χ1v) is 9.90. The minimum atomic E-state index is -3.60. The molecule has 138 valence electrons. The molecule has 0 radical (unpaired) electrons. The number of hydrogen-bond acceptors (Lipinski definition) is 6. The molecule has 0 saturated heterocycles. The second-order valence-corrected chi connectivity index (χ2v) is 8.98. The zero-order chi connectivity index (χ0) is 18.5. The third kappa shape index (κ3) is 2.58. The first kappa shape index (κ1) is 17.3. The maximum atomic E-state index is 13.2. The molecule has 2 aliphatic rings. The van der Waals surface area contributed by atoms with Crippen LogP contribution in [0.1, 0.15) is 17.0 Å². The molecule has 1 heterocycles. The lowest BCUT2D eigenvalue weighted by Crippen LogP contribution is -2.35. The van der Waals surface area contributed by atoms with Gasteiger partial charge in [-0.25, -0.2) is 8.42 Å². The molecule has 2 N–H and O–H groups in total. The minimum absolute atomic E-state index is 0.155.